The van der Waals surface area contributed by atoms with Crippen molar-refractivity contribution in [3.63, 3.8) is 0 Å². The van der Waals surface area contributed by atoms with Gasteiger partial charge in [0.1, 0.15) is 5.75 Å². The van der Waals surface area contributed by atoms with Gasteiger partial charge in [0.25, 0.3) is 0 Å². The molecule has 124 valence electrons. The third-order valence-corrected chi connectivity index (χ3v) is 4.48. The molecule has 3 heteroatoms. The summed E-state index contributed by atoms with van der Waals surface area (Å²) in [5.74, 6) is 0.360. The van der Waals surface area contributed by atoms with Gasteiger partial charge in [0.2, 0.25) is 5.24 Å². The van der Waals surface area contributed by atoms with Gasteiger partial charge in [-0.1, -0.05) is 67.5 Å². The maximum Gasteiger partial charge on any atom is 0.227 e. The van der Waals surface area contributed by atoms with Crippen molar-refractivity contribution in [2.24, 2.45) is 5.41 Å². The van der Waals surface area contributed by atoms with Crippen LogP contribution in [0.3, 0.4) is 0 Å². The van der Waals surface area contributed by atoms with Crippen molar-refractivity contribution >= 4 is 16.8 Å². The van der Waals surface area contributed by atoms with Gasteiger partial charge in [0.15, 0.2) is 0 Å². The molecule has 0 radical (unpaired) electrons. The van der Waals surface area contributed by atoms with Crippen LogP contribution in [0.25, 0.3) is 0 Å². The Morgan fingerprint density at radius 2 is 1.32 bits per heavy atom. The van der Waals surface area contributed by atoms with Crippen LogP contribution in [0.2, 0.25) is 0 Å². The Morgan fingerprint density at radius 3 is 1.59 bits per heavy atom. The first-order chi connectivity index (χ1) is 9.66. The molecule has 1 aromatic rings. The van der Waals surface area contributed by atoms with Crippen LogP contribution in [-0.4, -0.2) is 10.3 Å². The number of halogens is 1. The molecular weight excluding hydrogens is 296 g/mol. The first-order valence-electron chi connectivity index (χ1n) is 7.73. The molecule has 0 aliphatic heterocycles. The first kappa shape index (κ1) is 19.0. The van der Waals surface area contributed by atoms with Crippen molar-refractivity contribution < 1.29 is 9.90 Å². The molecule has 22 heavy (non-hydrogen) atoms. The minimum absolute atomic E-state index is 0.171. The van der Waals surface area contributed by atoms with E-state index < -0.39 is 5.41 Å². The highest BCUT2D eigenvalue weighted by Gasteiger charge is 2.30. The fraction of sp³-hybridized carbons (Fsp3) is 0.632. The summed E-state index contributed by atoms with van der Waals surface area (Å²) in [7, 11) is 0. The molecule has 0 unspecified atom stereocenters. The van der Waals surface area contributed by atoms with Crippen molar-refractivity contribution in [3.05, 3.63) is 28.8 Å². The number of aromatic hydroxyl groups is 1. The maximum absolute atomic E-state index is 11.6. The van der Waals surface area contributed by atoms with Gasteiger partial charge in [-0.25, -0.2) is 0 Å². The van der Waals surface area contributed by atoms with Gasteiger partial charge in [-0.05, 0) is 45.5 Å². The smallest absolute Gasteiger partial charge is 0.227 e. The molecule has 0 heterocycles. The second-order valence-corrected chi connectivity index (χ2v) is 9.22. The van der Waals surface area contributed by atoms with Crippen LogP contribution in [0, 0.1) is 5.41 Å². The Hall–Kier alpha value is -1.02. The van der Waals surface area contributed by atoms with Crippen molar-refractivity contribution in [2.75, 3.05) is 0 Å². The maximum atomic E-state index is 11.6. The molecule has 0 atom stereocenters. The van der Waals surface area contributed by atoms with Crippen LogP contribution in [0.15, 0.2) is 12.1 Å². The summed E-state index contributed by atoms with van der Waals surface area (Å²) in [6, 6.07) is 4.01. The Balaban J connectivity index is 3.52. The second kappa shape index (κ2) is 5.88. The zero-order valence-electron chi connectivity index (χ0n) is 15.1. The van der Waals surface area contributed by atoms with Crippen molar-refractivity contribution in [2.45, 2.75) is 72.6 Å². The van der Waals surface area contributed by atoms with E-state index in [1.165, 1.54) is 0 Å². The molecule has 1 N–H and O–H groups in total. The van der Waals surface area contributed by atoms with Gasteiger partial charge in [0, 0.05) is 5.41 Å². The summed E-state index contributed by atoms with van der Waals surface area (Å²) >= 11 is 5.72. The van der Waals surface area contributed by atoms with E-state index in [4.69, 9.17) is 11.6 Å². The summed E-state index contributed by atoms with van der Waals surface area (Å²) < 4.78 is 0. The van der Waals surface area contributed by atoms with E-state index in [0.717, 1.165) is 16.7 Å². The largest absolute Gasteiger partial charge is 0.507 e. The van der Waals surface area contributed by atoms with E-state index in [2.05, 4.69) is 41.5 Å². The van der Waals surface area contributed by atoms with Crippen LogP contribution in [0.4, 0.5) is 0 Å². The van der Waals surface area contributed by atoms with Crippen molar-refractivity contribution in [1.29, 1.82) is 0 Å². The van der Waals surface area contributed by atoms with Gasteiger partial charge in [0.05, 0.1) is 0 Å². The van der Waals surface area contributed by atoms with Crippen LogP contribution in [-0.2, 0) is 22.0 Å². The van der Waals surface area contributed by atoms with Crippen LogP contribution in [0.5, 0.6) is 5.75 Å². The lowest BCUT2D eigenvalue weighted by atomic mass is 9.76. The molecule has 0 spiro atoms. The van der Waals surface area contributed by atoms with Crippen molar-refractivity contribution in [3.8, 4) is 5.75 Å². The third-order valence-electron chi connectivity index (χ3n) is 3.96. The third kappa shape index (κ3) is 4.25. The molecule has 2 nitrogen and oxygen atoms in total. The molecule has 0 saturated carbocycles. The lowest BCUT2D eigenvalue weighted by Crippen LogP contribution is -2.24. The number of hydrogen-bond acceptors (Lipinski definition) is 2. The fourth-order valence-electron chi connectivity index (χ4n) is 2.52. The number of carbonyl (C=O) groups excluding carboxylic acids is 1. The molecule has 1 aromatic carbocycles. The summed E-state index contributed by atoms with van der Waals surface area (Å²) in [6.45, 7) is 16.2. The van der Waals surface area contributed by atoms with E-state index in [0.29, 0.717) is 12.2 Å². The molecule has 0 aliphatic rings. The molecular formula is C19H29ClO2. The number of rotatable bonds is 3. The SMILES string of the molecule is CC(C)(Cc1cc(C(C)(C)C)c(O)c(C(C)(C)C)c1)C(=O)Cl. The number of hydrogen-bond donors (Lipinski definition) is 1. The van der Waals surface area contributed by atoms with Gasteiger partial charge in [-0.15, -0.1) is 0 Å². The Kier molecular flexibility index (Phi) is 5.09. The van der Waals surface area contributed by atoms with Gasteiger partial charge in [-0.3, -0.25) is 4.79 Å². The molecule has 1 rings (SSSR count). The standard InChI is InChI=1S/C19H29ClO2/c1-17(2,3)13-9-12(11-19(7,8)16(20)22)10-14(15(13)21)18(4,5)6/h9-10,21H,11H2,1-8H3. The lowest BCUT2D eigenvalue weighted by Gasteiger charge is -2.29. The van der Waals surface area contributed by atoms with Crippen LogP contribution < -0.4 is 0 Å². The zero-order valence-corrected chi connectivity index (χ0v) is 15.9. The molecule has 0 aromatic heterocycles. The minimum atomic E-state index is -0.622. The summed E-state index contributed by atoms with van der Waals surface area (Å²) in [5, 5.41) is 10.4. The summed E-state index contributed by atoms with van der Waals surface area (Å²) in [5.41, 5.74) is 1.89. The monoisotopic (exact) mass is 324 g/mol. The lowest BCUT2D eigenvalue weighted by molar-refractivity contribution is -0.118. The number of benzene rings is 1. The zero-order chi connectivity index (χ0) is 17.5. The molecule has 0 bridgehead atoms. The quantitative estimate of drug-likeness (QED) is 0.764. The highest BCUT2D eigenvalue weighted by atomic mass is 35.5. The average molecular weight is 325 g/mol. The predicted molar refractivity (Wildman–Crippen MR) is 93.9 cm³/mol. The number of phenols is 1. The normalized spacial score (nSPS) is 13.3. The second-order valence-electron chi connectivity index (χ2n) is 8.87. The molecule has 0 aliphatic carbocycles. The fourth-order valence-corrected chi connectivity index (χ4v) is 2.59. The Labute approximate surface area is 139 Å². The Morgan fingerprint density at radius 1 is 0.955 bits per heavy atom. The van der Waals surface area contributed by atoms with E-state index in [1.54, 1.807) is 0 Å². The van der Waals surface area contributed by atoms with E-state index >= 15 is 0 Å². The van der Waals surface area contributed by atoms with Gasteiger partial charge < -0.3 is 5.11 Å². The van der Waals surface area contributed by atoms with E-state index in [1.807, 2.05) is 26.0 Å². The van der Waals surface area contributed by atoms with Crippen LogP contribution >= 0.6 is 11.6 Å². The first-order valence-corrected chi connectivity index (χ1v) is 8.11. The highest BCUT2D eigenvalue weighted by molar-refractivity contribution is 6.64. The topological polar surface area (TPSA) is 37.3 Å². The highest BCUT2D eigenvalue weighted by Crippen LogP contribution is 2.41. The summed E-state index contributed by atoms with van der Waals surface area (Å²) in [6.07, 6.45) is 0.557. The minimum Gasteiger partial charge on any atom is -0.507 e. The van der Waals surface area contributed by atoms with Gasteiger partial charge >= 0.3 is 0 Å². The van der Waals surface area contributed by atoms with Gasteiger partial charge in [-0.2, -0.15) is 0 Å². The molecule has 0 saturated heterocycles. The summed E-state index contributed by atoms with van der Waals surface area (Å²) in [4.78, 5) is 11.6. The van der Waals surface area contributed by atoms with Crippen LogP contribution in [0.1, 0.15) is 72.1 Å². The number of phenolic OH excluding ortho intramolecular Hbond substituents is 1. The van der Waals surface area contributed by atoms with E-state index in [-0.39, 0.29) is 16.1 Å². The Bertz CT molecular complexity index is 537. The average Bonchev–Trinajstić information content (AvgIpc) is 2.27. The van der Waals surface area contributed by atoms with E-state index in [9.17, 15) is 9.90 Å². The van der Waals surface area contributed by atoms with Crippen molar-refractivity contribution in [1.82, 2.24) is 0 Å². The molecule has 0 amide bonds. The molecule has 0 fully saturated rings. The number of carbonyl (C=O) groups is 1. The predicted octanol–water partition coefficient (Wildman–Crippen LogP) is 5.32.